The monoisotopic (exact) mass is 801 g/mol. The van der Waals surface area contributed by atoms with Gasteiger partial charge in [-0.25, -0.2) is 14.8 Å². The van der Waals surface area contributed by atoms with Crippen molar-refractivity contribution in [3.8, 4) is 22.8 Å². The standard InChI is InChI=1S/C24H39BClNO5.C17H23ClN4O/c1-16(2)14-24(10,27-20(28)30-21(3,4)5)15-29-19-12-11-17(13-18(19)26)25-31-22(6,7)23(8,9)32-25;1-11(2)8-17(3,20)9-23-15-5-4-12(6-13(15)18)14-7-16(19)22-10-21-14/h11-13,16H,14-15H2,1-10H3,(H,27,28);4-7,10-11H,8-9,20H2,1-3H3,(H2,19,21,22)/t24-;17-/m00/s1. The fourth-order valence-electron chi connectivity index (χ4n) is 6.14. The van der Waals surface area contributed by atoms with E-state index in [0.29, 0.717) is 45.8 Å². The third kappa shape index (κ3) is 14.3. The summed E-state index contributed by atoms with van der Waals surface area (Å²) < 4.78 is 29.5. The molecule has 0 bridgehead atoms. The van der Waals surface area contributed by atoms with Crippen molar-refractivity contribution in [2.24, 2.45) is 17.6 Å². The number of ether oxygens (including phenoxy) is 3. The number of nitrogen functional groups attached to an aromatic ring is 1. The van der Waals surface area contributed by atoms with Crippen molar-refractivity contribution < 1.29 is 28.3 Å². The van der Waals surface area contributed by atoms with Crippen LogP contribution in [0.4, 0.5) is 10.6 Å². The van der Waals surface area contributed by atoms with Crippen molar-refractivity contribution in [3.05, 3.63) is 58.8 Å². The zero-order valence-electron chi connectivity index (χ0n) is 34.9. The number of amides is 1. The number of hydrogen-bond acceptors (Lipinski definition) is 10. The summed E-state index contributed by atoms with van der Waals surface area (Å²) in [6.07, 6.45) is 2.56. The topological polar surface area (TPSA) is 153 Å². The summed E-state index contributed by atoms with van der Waals surface area (Å²) in [5.41, 5.74) is 11.9. The number of carbonyl (C=O) groups is 1. The second kappa shape index (κ2) is 18.3. The van der Waals surface area contributed by atoms with Gasteiger partial charge in [0, 0.05) is 17.2 Å². The summed E-state index contributed by atoms with van der Waals surface area (Å²) >= 11 is 12.8. The number of alkyl carbamates (subject to hydrolysis) is 1. The van der Waals surface area contributed by atoms with E-state index in [4.69, 9.17) is 58.2 Å². The zero-order valence-corrected chi connectivity index (χ0v) is 36.4. The molecule has 1 saturated heterocycles. The predicted octanol–water partition coefficient (Wildman–Crippen LogP) is 8.87. The second-order valence-electron chi connectivity index (χ2n) is 17.9. The molecule has 2 heterocycles. The van der Waals surface area contributed by atoms with E-state index in [-0.39, 0.29) is 6.61 Å². The molecule has 1 aliphatic heterocycles. The number of hydrogen-bond donors (Lipinski definition) is 3. The smallest absolute Gasteiger partial charge is 0.490 e. The van der Waals surface area contributed by atoms with E-state index in [0.717, 1.165) is 29.6 Å². The molecule has 1 aliphatic rings. The van der Waals surface area contributed by atoms with Gasteiger partial charge in [0.1, 0.15) is 42.5 Å². The predicted molar refractivity (Wildman–Crippen MR) is 224 cm³/mol. The van der Waals surface area contributed by atoms with Gasteiger partial charge in [0.05, 0.1) is 32.5 Å². The lowest BCUT2D eigenvalue weighted by Crippen LogP contribution is -2.52. The van der Waals surface area contributed by atoms with Crippen LogP contribution in [-0.4, -0.2) is 64.3 Å². The highest BCUT2D eigenvalue weighted by molar-refractivity contribution is 6.62. The van der Waals surface area contributed by atoms with Gasteiger partial charge in [0.2, 0.25) is 0 Å². The third-order valence-corrected chi connectivity index (χ3v) is 9.63. The highest BCUT2D eigenvalue weighted by atomic mass is 35.5. The van der Waals surface area contributed by atoms with Gasteiger partial charge in [-0.3, -0.25) is 0 Å². The van der Waals surface area contributed by atoms with Crippen LogP contribution < -0.4 is 31.7 Å². The molecule has 304 valence electrons. The Morgan fingerprint density at radius 1 is 0.836 bits per heavy atom. The first-order valence-corrected chi connectivity index (χ1v) is 19.5. The molecule has 0 unspecified atom stereocenters. The van der Waals surface area contributed by atoms with Crippen molar-refractivity contribution in [1.82, 2.24) is 15.3 Å². The van der Waals surface area contributed by atoms with Crippen molar-refractivity contribution in [1.29, 1.82) is 0 Å². The maximum Gasteiger partial charge on any atom is 0.494 e. The van der Waals surface area contributed by atoms with Gasteiger partial charge in [-0.1, -0.05) is 57.0 Å². The first kappa shape index (κ1) is 46.1. The average molecular weight is 803 g/mol. The maximum atomic E-state index is 12.4. The molecular weight excluding hydrogens is 740 g/mol. The molecule has 14 heteroatoms. The fourth-order valence-corrected chi connectivity index (χ4v) is 6.61. The van der Waals surface area contributed by atoms with Gasteiger partial charge in [-0.2, -0.15) is 0 Å². The molecule has 3 aromatic rings. The minimum Gasteiger partial charge on any atom is -0.490 e. The first-order chi connectivity index (χ1) is 25.2. The molecule has 11 nitrogen and oxygen atoms in total. The van der Waals surface area contributed by atoms with E-state index in [1.54, 1.807) is 18.2 Å². The average Bonchev–Trinajstić information content (AvgIpc) is 3.24. The molecule has 1 fully saturated rings. The Bertz CT molecular complexity index is 1730. The van der Waals surface area contributed by atoms with Crippen LogP contribution in [0.15, 0.2) is 48.8 Å². The largest absolute Gasteiger partial charge is 0.494 e. The Hall–Kier alpha value is -3.29. The number of aromatic nitrogens is 2. The number of benzene rings is 2. The number of rotatable bonds is 13. The minimum absolute atomic E-state index is 0.250. The molecule has 0 radical (unpaired) electrons. The molecule has 5 N–H and O–H groups in total. The molecule has 0 aliphatic carbocycles. The van der Waals surface area contributed by atoms with Crippen LogP contribution in [0.2, 0.25) is 10.0 Å². The molecule has 0 spiro atoms. The van der Waals surface area contributed by atoms with Crippen LogP contribution in [0.3, 0.4) is 0 Å². The summed E-state index contributed by atoms with van der Waals surface area (Å²) in [6, 6.07) is 12.7. The Labute approximate surface area is 339 Å². The van der Waals surface area contributed by atoms with Crippen molar-refractivity contribution >= 4 is 47.7 Å². The van der Waals surface area contributed by atoms with Gasteiger partial charge < -0.3 is 40.3 Å². The van der Waals surface area contributed by atoms with E-state index >= 15 is 0 Å². The molecule has 2 aromatic carbocycles. The molecule has 2 atom stereocenters. The van der Waals surface area contributed by atoms with E-state index in [2.05, 4.69) is 43.0 Å². The quantitative estimate of drug-likeness (QED) is 0.143. The van der Waals surface area contributed by atoms with Crippen LogP contribution in [0, 0.1) is 11.8 Å². The van der Waals surface area contributed by atoms with Gasteiger partial charge in [-0.15, -0.1) is 0 Å². The van der Waals surface area contributed by atoms with Gasteiger partial charge >= 0.3 is 13.2 Å². The summed E-state index contributed by atoms with van der Waals surface area (Å²) in [4.78, 5) is 20.5. The van der Waals surface area contributed by atoms with E-state index < -0.39 is 41.1 Å². The molecule has 1 aromatic heterocycles. The minimum atomic E-state index is -0.621. The Balaban J connectivity index is 0.000000311. The lowest BCUT2D eigenvalue weighted by molar-refractivity contribution is 0.00578. The number of anilines is 1. The van der Waals surface area contributed by atoms with Gasteiger partial charge in [-0.05, 0) is 123 Å². The number of nitrogens with one attached hydrogen (secondary N) is 1. The number of carbonyl (C=O) groups excluding carboxylic acids is 1. The summed E-state index contributed by atoms with van der Waals surface area (Å²) in [7, 11) is -0.494. The molecule has 55 heavy (non-hydrogen) atoms. The van der Waals surface area contributed by atoms with E-state index in [1.807, 2.05) is 86.6 Å². The molecule has 1 amide bonds. The highest BCUT2D eigenvalue weighted by Gasteiger charge is 2.51. The van der Waals surface area contributed by atoms with Crippen molar-refractivity contribution in [3.63, 3.8) is 0 Å². The lowest BCUT2D eigenvalue weighted by Gasteiger charge is -2.33. The first-order valence-electron chi connectivity index (χ1n) is 18.8. The third-order valence-electron chi connectivity index (χ3n) is 9.04. The number of nitrogens with two attached hydrogens (primary N) is 2. The van der Waals surface area contributed by atoms with Crippen LogP contribution in [0.25, 0.3) is 11.3 Å². The van der Waals surface area contributed by atoms with Crippen molar-refractivity contribution in [2.45, 2.75) is 131 Å². The van der Waals surface area contributed by atoms with Crippen molar-refractivity contribution in [2.75, 3.05) is 18.9 Å². The second-order valence-corrected chi connectivity index (χ2v) is 18.7. The molecule has 0 saturated carbocycles. The zero-order chi connectivity index (χ0) is 41.6. The van der Waals surface area contributed by atoms with Crippen LogP contribution >= 0.6 is 23.2 Å². The van der Waals surface area contributed by atoms with E-state index in [9.17, 15) is 4.79 Å². The molecule has 4 rings (SSSR count). The normalized spacial score (nSPS) is 17.2. The lowest BCUT2D eigenvalue weighted by atomic mass is 9.79. The number of nitrogens with zero attached hydrogens (tertiary/aromatic N) is 2. The maximum absolute atomic E-state index is 12.4. The Morgan fingerprint density at radius 2 is 1.38 bits per heavy atom. The SMILES string of the molecule is CC(C)C[C@@](C)(COc1ccc(B2OC(C)(C)C(C)(C)O2)cc1Cl)NC(=O)OC(C)(C)C.CC(C)C[C@](C)(N)COc1ccc(-c2cc(N)ncn2)cc1Cl. The number of halogens is 2. The van der Waals surface area contributed by atoms with Crippen LogP contribution in [0.1, 0.15) is 103 Å². The summed E-state index contributed by atoms with van der Waals surface area (Å²) in [5, 5.41) is 3.95. The van der Waals surface area contributed by atoms with Crippen LogP contribution in [0.5, 0.6) is 11.5 Å². The highest BCUT2D eigenvalue weighted by Crippen LogP contribution is 2.37. The molecular formula is C41H62BCl2N5O6. The Morgan fingerprint density at radius 3 is 1.89 bits per heavy atom. The summed E-state index contributed by atoms with van der Waals surface area (Å²) in [6.45, 7) is 26.6. The van der Waals surface area contributed by atoms with E-state index in [1.165, 1.54) is 6.33 Å². The fraction of sp³-hybridized carbons (Fsp3) is 0.585. The van der Waals surface area contributed by atoms with Crippen LogP contribution in [-0.2, 0) is 14.0 Å². The summed E-state index contributed by atoms with van der Waals surface area (Å²) in [5.74, 6) is 2.42. The Kier molecular flexibility index (Phi) is 15.4. The van der Waals surface area contributed by atoms with Gasteiger partial charge in [0.15, 0.2) is 0 Å². The van der Waals surface area contributed by atoms with Gasteiger partial charge in [0.25, 0.3) is 0 Å².